The highest BCUT2D eigenvalue weighted by Crippen LogP contribution is 2.27. The lowest BCUT2D eigenvalue weighted by atomic mass is 10.1. The van der Waals surface area contributed by atoms with Crippen LogP contribution in [0.3, 0.4) is 0 Å². The number of ether oxygens (including phenoxy) is 1. The van der Waals surface area contributed by atoms with Gasteiger partial charge in [0.15, 0.2) is 0 Å². The summed E-state index contributed by atoms with van der Waals surface area (Å²) in [6, 6.07) is 11.6. The van der Waals surface area contributed by atoms with Gasteiger partial charge in [0.25, 0.3) is 0 Å². The second-order valence-corrected chi connectivity index (χ2v) is 9.08. The zero-order chi connectivity index (χ0) is 21.8. The van der Waals surface area contributed by atoms with Gasteiger partial charge in [-0.3, -0.25) is 9.10 Å². The Bertz CT molecular complexity index is 973. The molecule has 6 nitrogen and oxygen atoms in total. The van der Waals surface area contributed by atoms with Crippen LogP contribution >= 0.6 is 0 Å². The SMILES string of the molecule is CC[C@H](C(=O)N[C@H](C)c1ccccc1OC)N(c1ccc(C)c(C)c1)S(C)(=O)=O. The van der Waals surface area contributed by atoms with Crippen LogP contribution in [0.5, 0.6) is 5.75 Å². The summed E-state index contributed by atoms with van der Waals surface area (Å²) in [5.41, 5.74) is 3.34. The molecule has 0 saturated carbocycles. The van der Waals surface area contributed by atoms with Crippen LogP contribution in [0.4, 0.5) is 5.69 Å². The summed E-state index contributed by atoms with van der Waals surface area (Å²) in [6.45, 7) is 7.54. The maximum absolute atomic E-state index is 13.1. The molecule has 2 rings (SSSR count). The van der Waals surface area contributed by atoms with Crippen LogP contribution in [0.1, 0.15) is 43.0 Å². The Kier molecular flexibility index (Phi) is 7.30. The molecular weight excluding hydrogens is 388 g/mol. The number of hydrogen-bond donors (Lipinski definition) is 1. The lowest BCUT2D eigenvalue weighted by molar-refractivity contribution is -0.122. The third-order valence-electron chi connectivity index (χ3n) is 5.04. The van der Waals surface area contributed by atoms with Crippen molar-refractivity contribution in [2.24, 2.45) is 0 Å². The molecule has 1 N–H and O–H groups in total. The number of carbonyl (C=O) groups is 1. The number of rotatable bonds is 8. The second kappa shape index (κ2) is 9.31. The topological polar surface area (TPSA) is 75.7 Å². The first-order valence-electron chi connectivity index (χ1n) is 9.60. The van der Waals surface area contributed by atoms with Gasteiger partial charge in [0, 0.05) is 5.56 Å². The first-order valence-corrected chi connectivity index (χ1v) is 11.4. The number of sulfonamides is 1. The summed E-state index contributed by atoms with van der Waals surface area (Å²) in [5.74, 6) is 0.317. The molecule has 0 saturated heterocycles. The van der Waals surface area contributed by atoms with E-state index in [0.717, 1.165) is 22.9 Å². The predicted octanol–water partition coefficient (Wildman–Crippen LogP) is 3.73. The Labute approximate surface area is 173 Å². The van der Waals surface area contributed by atoms with E-state index in [1.54, 1.807) is 26.2 Å². The number of hydrogen-bond acceptors (Lipinski definition) is 4. The summed E-state index contributed by atoms with van der Waals surface area (Å²) in [5, 5.41) is 2.95. The van der Waals surface area contributed by atoms with Crippen molar-refractivity contribution < 1.29 is 17.9 Å². The molecule has 7 heteroatoms. The zero-order valence-electron chi connectivity index (χ0n) is 17.9. The molecular formula is C22H30N2O4S. The van der Waals surface area contributed by atoms with E-state index in [9.17, 15) is 13.2 Å². The Morgan fingerprint density at radius 2 is 1.79 bits per heavy atom. The van der Waals surface area contributed by atoms with Crippen molar-refractivity contribution >= 4 is 21.6 Å². The molecule has 0 aromatic heterocycles. The summed E-state index contributed by atoms with van der Waals surface area (Å²) >= 11 is 0. The van der Waals surface area contributed by atoms with E-state index >= 15 is 0 Å². The Balaban J connectivity index is 2.36. The maximum atomic E-state index is 13.1. The number of carbonyl (C=O) groups excluding carboxylic acids is 1. The molecule has 0 bridgehead atoms. The highest BCUT2D eigenvalue weighted by atomic mass is 32.2. The summed E-state index contributed by atoms with van der Waals surface area (Å²) < 4.78 is 31.8. The molecule has 158 valence electrons. The number of nitrogens with zero attached hydrogens (tertiary/aromatic N) is 1. The van der Waals surface area contributed by atoms with Crippen molar-refractivity contribution in [3.05, 3.63) is 59.2 Å². The van der Waals surface area contributed by atoms with Gasteiger partial charge in [-0.2, -0.15) is 0 Å². The van der Waals surface area contributed by atoms with E-state index in [4.69, 9.17) is 4.74 Å². The maximum Gasteiger partial charge on any atom is 0.244 e. The van der Waals surface area contributed by atoms with Crippen LogP contribution in [-0.4, -0.2) is 33.7 Å². The molecule has 0 aliphatic heterocycles. The average molecular weight is 419 g/mol. The van der Waals surface area contributed by atoms with Crippen LogP contribution in [0.2, 0.25) is 0 Å². The van der Waals surface area contributed by atoms with Gasteiger partial charge in [0.2, 0.25) is 15.9 Å². The number of amides is 1. The Morgan fingerprint density at radius 3 is 2.34 bits per heavy atom. The molecule has 0 fully saturated rings. The normalized spacial score (nSPS) is 13.4. The van der Waals surface area contributed by atoms with Gasteiger partial charge in [-0.25, -0.2) is 8.42 Å². The van der Waals surface area contributed by atoms with Crippen molar-refractivity contribution in [1.82, 2.24) is 5.32 Å². The third-order valence-corrected chi connectivity index (χ3v) is 6.22. The van der Waals surface area contributed by atoms with E-state index in [1.807, 2.05) is 51.1 Å². The molecule has 0 aliphatic carbocycles. The van der Waals surface area contributed by atoms with E-state index < -0.39 is 16.1 Å². The standard InChI is InChI=1S/C22H30N2O4S/c1-7-20(22(25)23-17(4)19-10-8-9-11-21(19)28-5)24(29(6,26)27)18-13-12-15(2)16(3)14-18/h8-14,17,20H,7H2,1-6H3,(H,23,25)/t17-,20-/m1/s1. The van der Waals surface area contributed by atoms with E-state index in [2.05, 4.69) is 5.32 Å². The van der Waals surface area contributed by atoms with Crippen LogP contribution < -0.4 is 14.4 Å². The fourth-order valence-electron chi connectivity index (χ4n) is 3.33. The Morgan fingerprint density at radius 1 is 1.14 bits per heavy atom. The molecule has 1 amide bonds. The molecule has 0 aliphatic rings. The van der Waals surface area contributed by atoms with Crippen molar-refractivity contribution in [3.63, 3.8) is 0 Å². The quantitative estimate of drug-likeness (QED) is 0.709. The smallest absolute Gasteiger partial charge is 0.244 e. The highest BCUT2D eigenvalue weighted by Gasteiger charge is 2.32. The number of anilines is 1. The van der Waals surface area contributed by atoms with Crippen molar-refractivity contribution in [2.75, 3.05) is 17.7 Å². The first kappa shape index (κ1) is 22.7. The number of methoxy groups -OCH3 is 1. The third kappa shape index (κ3) is 5.29. The highest BCUT2D eigenvalue weighted by molar-refractivity contribution is 7.92. The van der Waals surface area contributed by atoms with Crippen LogP contribution in [0.25, 0.3) is 0 Å². The van der Waals surface area contributed by atoms with Crippen LogP contribution in [0.15, 0.2) is 42.5 Å². The number of aryl methyl sites for hydroxylation is 2. The van der Waals surface area contributed by atoms with Crippen LogP contribution in [0, 0.1) is 13.8 Å². The molecule has 2 aromatic carbocycles. The average Bonchev–Trinajstić information content (AvgIpc) is 2.67. The fraction of sp³-hybridized carbons (Fsp3) is 0.409. The first-order chi connectivity index (χ1) is 13.6. The van der Waals surface area contributed by atoms with Gasteiger partial charge in [0.1, 0.15) is 11.8 Å². The molecule has 0 spiro atoms. The summed E-state index contributed by atoms with van der Waals surface area (Å²) in [4.78, 5) is 13.1. The van der Waals surface area contributed by atoms with Gasteiger partial charge in [-0.15, -0.1) is 0 Å². The number of benzene rings is 2. The van der Waals surface area contributed by atoms with E-state index in [0.29, 0.717) is 17.9 Å². The number of nitrogens with one attached hydrogen (secondary N) is 1. The van der Waals surface area contributed by atoms with Crippen molar-refractivity contribution in [1.29, 1.82) is 0 Å². The lowest BCUT2D eigenvalue weighted by Crippen LogP contribution is -2.49. The summed E-state index contributed by atoms with van der Waals surface area (Å²) in [6.07, 6.45) is 1.46. The molecule has 2 aromatic rings. The molecule has 0 unspecified atom stereocenters. The van der Waals surface area contributed by atoms with Crippen LogP contribution in [-0.2, 0) is 14.8 Å². The minimum Gasteiger partial charge on any atom is -0.496 e. The van der Waals surface area contributed by atoms with E-state index in [1.165, 1.54) is 4.31 Å². The summed E-state index contributed by atoms with van der Waals surface area (Å²) in [7, 11) is -2.09. The van der Waals surface area contributed by atoms with Gasteiger partial charge in [-0.05, 0) is 56.5 Å². The van der Waals surface area contributed by atoms with Gasteiger partial charge in [-0.1, -0.05) is 31.2 Å². The Hall–Kier alpha value is -2.54. The zero-order valence-corrected chi connectivity index (χ0v) is 18.7. The van der Waals surface area contributed by atoms with Crippen molar-refractivity contribution in [2.45, 2.75) is 46.2 Å². The predicted molar refractivity (Wildman–Crippen MR) is 117 cm³/mol. The second-order valence-electron chi connectivity index (χ2n) is 7.22. The van der Waals surface area contributed by atoms with Gasteiger partial charge in [0.05, 0.1) is 25.1 Å². The lowest BCUT2D eigenvalue weighted by Gasteiger charge is -2.31. The largest absolute Gasteiger partial charge is 0.496 e. The molecule has 2 atom stereocenters. The van der Waals surface area contributed by atoms with Gasteiger partial charge >= 0.3 is 0 Å². The minimum absolute atomic E-state index is 0.338. The molecule has 0 radical (unpaired) electrons. The van der Waals surface area contributed by atoms with Crippen molar-refractivity contribution in [3.8, 4) is 5.75 Å². The molecule has 29 heavy (non-hydrogen) atoms. The van der Waals surface area contributed by atoms with Gasteiger partial charge < -0.3 is 10.1 Å². The number of para-hydroxylation sites is 1. The molecule has 0 heterocycles. The monoisotopic (exact) mass is 418 g/mol. The minimum atomic E-state index is -3.67. The van der Waals surface area contributed by atoms with E-state index in [-0.39, 0.29) is 11.9 Å². The fourth-order valence-corrected chi connectivity index (χ4v) is 4.54.